The van der Waals surface area contributed by atoms with Crippen LogP contribution in [0.1, 0.15) is 22.5 Å². The molecule has 0 fully saturated rings. The van der Waals surface area contributed by atoms with Crippen LogP contribution in [0.2, 0.25) is 0 Å². The Balaban J connectivity index is 2.18. The maximum atomic E-state index is 12.1. The molecule has 0 aliphatic carbocycles. The molecule has 1 aromatic heterocycles. The fourth-order valence-electron chi connectivity index (χ4n) is 2.55. The second-order valence-corrected chi connectivity index (χ2v) is 4.77. The molecule has 6 heteroatoms. The summed E-state index contributed by atoms with van der Waals surface area (Å²) in [5.41, 5.74) is 2.05. The van der Waals surface area contributed by atoms with Gasteiger partial charge in [0, 0.05) is 29.4 Å². The first kappa shape index (κ1) is 12.5. The molecule has 104 valence electrons. The Hall–Kier alpha value is -2.50. The van der Waals surface area contributed by atoms with E-state index < -0.39 is 6.09 Å². The summed E-state index contributed by atoms with van der Waals surface area (Å²) < 4.78 is 5.19. The lowest BCUT2D eigenvalue weighted by Gasteiger charge is -2.15. The Labute approximate surface area is 114 Å². The minimum absolute atomic E-state index is 0.0566. The number of aromatic nitrogens is 1. The molecule has 20 heavy (non-hydrogen) atoms. The number of nitrogens with one attached hydrogen (secondary N) is 1. The zero-order valence-electron chi connectivity index (χ0n) is 11.0. The van der Waals surface area contributed by atoms with Crippen molar-refractivity contribution in [1.29, 1.82) is 0 Å². The first-order chi connectivity index (χ1) is 9.60. The van der Waals surface area contributed by atoms with Gasteiger partial charge >= 0.3 is 6.09 Å². The maximum Gasteiger partial charge on any atom is 0.407 e. The predicted octanol–water partition coefficient (Wildman–Crippen LogP) is 2.24. The molecule has 0 saturated carbocycles. The molecule has 0 atom stereocenters. The molecule has 2 heterocycles. The lowest BCUT2D eigenvalue weighted by molar-refractivity contribution is 0.0967. The smallest absolute Gasteiger partial charge is 0.407 e. The van der Waals surface area contributed by atoms with Crippen LogP contribution in [-0.2, 0) is 6.54 Å². The van der Waals surface area contributed by atoms with Gasteiger partial charge in [0.25, 0.3) is 0 Å². The first-order valence-electron chi connectivity index (χ1n) is 6.30. The number of benzene rings is 1. The summed E-state index contributed by atoms with van der Waals surface area (Å²) in [6.07, 6.45) is -0.814. The Morgan fingerprint density at radius 3 is 2.95 bits per heavy atom. The van der Waals surface area contributed by atoms with Crippen molar-refractivity contribution < 1.29 is 19.4 Å². The van der Waals surface area contributed by atoms with Gasteiger partial charge in [-0.25, -0.2) is 4.79 Å². The summed E-state index contributed by atoms with van der Waals surface area (Å²) in [6.45, 7) is 0.436. The normalized spacial score (nSPS) is 15.1. The molecular weight excluding hydrogens is 260 g/mol. The third-order valence-corrected chi connectivity index (χ3v) is 3.62. The number of fused-ring (bicyclic) bond motifs is 3. The van der Waals surface area contributed by atoms with Gasteiger partial charge in [-0.2, -0.15) is 0 Å². The Bertz CT molecular complexity index is 705. The third kappa shape index (κ3) is 1.89. The van der Waals surface area contributed by atoms with Crippen LogP contribution in [0, 0.1) is 0 Å². The number of ether oxygens (including phenoxy) is 1. The second-order valence-electron chi connectivity index (χ2n) is 4.77. The van der Waals surface area contributed by atoms with Crippen molar-refractivity contribution in [3.8, 4) is 5.75 Å². The van der Waals surface area contributed by atoms with Crippen molar-refractivity contribution >= 4 is 22.8 Å². The highest BCUT2D eigenvalue weighted by atomic mass is 16.5. The van der Waals surface area contributed by atoms with Gasteiger partial charge in [0.05, 0.1) is 19.3 Å². The van der Waals surface area contributed by atoms with E-state index in [9.17, 15) is 9.59 Å². The summed E-state index contributed by atoms with van der Waals surface area (Å²) in [5, 5.41) is 10.00. The van der Waals surface area contributed by atoms with Crippen molar-refractivity contribution in [2.75, 3.05) is 13.7 Å². The van der Waals surface area contributed by atoms with E-state index in [4.69, 9.17) is 9.84 Å². The number of hydrogen-bond acceptors (Lipinski definition) is 3. The molecule has 1 aliphatic heterocycles. The lowest BCUT2D eigenvalue weighted by Crippen LogP contribution is -2.29. The number of Topliss-reactive ketones (excluding diaryl/α,β-unsaturated/α-hetero) is 1. The zero-order chi connectivity index (χ0) is 14.3. The standard InChI is InChI=1S/C14H14N2O4/c1-20-8-2-3-11-9(6-8)10-7-16(14(18)19)5-4-12(17)13(10)15-11/h2-3,6,15H,4-5,7H2,1H3,(H,18,19). The Morgan fingerprint density at radius 2 is 2.25 bits per heavy atom. The van der Waals surface area contributed by atoms with E-state index >= 15 is 0 Å². The van der Waals surface area contributed by atoms with Gasteiger partial charge in [-0.05, 0) is 18.2 Å². The van der Waals surface area contributed by atoms with Crippen LogP contribution in [0.3, 0.4) is 0 Å². The SMILES string of the molecule is COc1ccc2[nH]c3c(c2c1)CN(C(=O)O)CCC3=O. The average molecular weight is 274 g/mol. The molecule has 1 aromatic carbocycles. The van der Waals surface area contributed by atoms with Gasteiger partial charge in [-0.15, -0.1) is 0 Å². The number of carboxylic acid groups (broad SMARTS) is 1. The second kappa shape index (κ2) is 4.56. The van der Waals surface area contributed by atoms with E-state index in [1.165, 1.54) is 4.90 Å². The number of aromatic amines is 1. The van der Waals surface area contributed by atoms with Crippen LogP contribution in [0.4, 0.5) is 4.79 Å². The fraction of sp³-hybridized carbons (Fsp3) is 0.286. The summed E-state index contributed by atoms with van der Waals surface area (Å²) in [5.74, 6) is 0.622. The fourth-order valence-corrected chi connectivity index (χ4v) is 2.55. The highest BCUT2D eigenvalue weighted by Gasteiger charge is 2.26. The summed E-state index contributed by atoms with van der Waals surface area (Å²) >= 11 is 0. The average Bonchev–Trinajstić information content (AvgIpc) is 2.71. The minimum atomic E-state index is -1.01. The third-order valence-electron chi connectivity index (χ3n) is 3.62. The number of amides is 1. The zero-order valence-corrected chi connectivity index (χ0v) is 11.0. The maximum absolute atomic E-state index is 12.1. The number of hydrogen-bond donors (Lipinski definition) is 2. The van der Waals surface area contributed by atoms with Gasteiger partial charge in [0.15, 0.2) is 5.78 Å². The molecule has 2 aromatic rings. The highest BCUT2D eigenvalue weighted by Crippen LogP contribution is 2.30. The number of H-pyrrole nitrogens is 1. The van der Waals surface area contributed by atoms with E-state index in [1.807, 2.05) is 12.1 Å². The molecule has 0 saturated heterocycles. The molecule has 1 amide bonds. The van der Waals surface area contributed by atoms with E-state index in [0.29, 0.717) is 11.4 Å². The highest BCUT2D eigenvalue weighted by molar-refractivity contribution is 6.03. The van der Waals surface area contributed by atoms with Crippen molar-refractivity contribution in [3.63, 3.8) is 0 Å². The topological polar surface area (TPSA) is 82.6 Å². The van der Waals surface area contributed by atoms with Crippen LogP contribution in [0.5, 0.6) is 5.75 Å². The van der Waals surface area contributed by atoms with Crippen molar-refractivity contribution in [3.05, 3.63) is 29.5 Å². The van der Waals surface area contributed by atoms with Crippen molar-refractivity contribution in [2.45, 2.75) is 13.0 Å². The summed E-state index contributed by atoms with van der Waals surface area (Å²) in [4.78, 5) is 27.7. The van der Waals surface area contributed by atoms with Gasteiger partial charge in [0.2, 0.25) is 0 Å². The van der Waals surface area contributed by atoms with Crippen molar-refractivity contribution in [1.82, 2.24) is 9.88 Å². The van der Waals surface area contributed by atoms with E-state index in [1.54, 1.807) is 13.2 Å². The monoisotopic (exact) mass is 274 g/mol. The van der Waals surface area contributed by atoms with Crippen LogP contribution < -0.4 is 4.74 Å². The lowest BCUT2D eigenvalue weighted by atomic mass is 10.1. The molecule has 0 unspecified atom stereocenters. The van der Waals surface area contributed by atoms with Crippen LogP contribution in [0.15, 0.2) is 18.2 Å². The Kier molecular flexibility index (Phi) is 2.85. The number of nitrogens with zero attached hydrogens (tertiary/aromatic N) is 1. The molecule has 3 rings (SSSR count). The van der Waals surface area contributed by atoms with Crippen LogP contribution >= 0.6 is 0 Å². The van der Waals surface area contributed by atoms with E-state index in [2.05, 4.69) is 4.98 Å². The quantitative estimate of drug-likeness (QED) is 0.835. The van der Waals surface area contributed by atoms with Gasteiger partial charge in [0.1, 0.15) is 5.75 Å². The largest absolute Gasteiger partial charge is 0.497 e. The number of rotatable bonds is 1. The molecule has 0 bridgehead atoms. The van der Waals surface area contributed by atoms with Gasteiger partial charge in [-0.3, -0.25) is 4.79 Å². The number of carbonyl (C=O) groups excluding carboxylic acids is 1. The molecule has 2 N–H and O–H groups in total. The molecular formula is C14H14N2O4. The number of ketones is 1. The van der Waals surface area contributed by atoms with Gasteiger partial charge in [-0.1, -0.05) is 0 Å². The summed E-state index contributed by atoms with van der Waals surface area (Å²) in [7, 11) is 1.57. The number of carbonyl (C=O) groups is 2. The molecule has 0 spiro atoms. The molecule has 0 radical (unpaired) electrons. The molecule has 1 aliphatic rings. The Morgan fingerprint density at radius 1 is 1.45 bits per heavy atom. The van der Waals surface area contributed by atoms with Gasteiger partial charge < -0.3 is 19.7 Å². The van der Waals surface area contributed by atoms with Crippen LogP contribution in [-0.4, -0.2) is 40.5 Å². The van der Waals surface area contributed by atoms with E-state index in [-0.39, 0.29) is 25.3 Å². The predicted molar refractivity (Wildman–Crippen MR) is 72.2 cm³/mol. The first-order valence-corrected chi connectivity index (χ1v) is 6.30. The summed E-state index contributed by atoms with van der Waals surface area (Å²) in [6, 6.07) is 5.46. The minimum Gasteiger partial charge on any atom is -0.497 e. The van der Waals surface area contributed by atoms with E-state index in [0.717, 1.165) is 16.5 Å². The molecule has 6 nitrogen and oxygen atoms in total. The van der Waals surface area contributed by atoms with Crippen molar-refractivity contribution in [2.24, 2.45) is 0 Å². The number of methoxy groups -OCH3 is 1. The van der Waals surface area contributed by atoms with Crippen LogP contribution in [0.25, 0.3) is 10.9 Å².